The molecule has 2 fully saturated rings. The average Bonchev–Trinajstić information content (AvgIpc) is 3.13. The number of hydrogen-bond donors (Lipinski definition) is 0. The van der Waals surface area contributed by atoms with Gasteiger partial charge in [-0.25, -0.2) is 0 Å². The van der Waals surface area contributed by atoms with Crippen molar-refractivity contribution < 1.29 is 14.3 Å². The van der Waals surface area contributed by atoms with Gasteiger partial charge in [0.15, 0.2) is 0 Å². The molecule has 3 heteroatoms. The van der Waals surface area contributed by atoms with E-state index in [-0.39, 0.29) is 18.0 Å². The molecule has 1 aliphatic carbocycles. The number of carbonyl (C=O) groups excluding carboxylic acids is 1. The molecule has 0 aromatic rings. The summed E-state index contributed by atoms with van der Waals surface area (Å²) in [4.78, 5) is 12.2. The Labute approximate surface area is 110 Å². The molecule has 0 aromatic carbocycles. The first-order valence-corrected chi connectivity index (χ1v) is 7.51. The lowest BCUT2D eigenvalue weighted by molar-refractivity contribution is -0.156. The molecule has 2 aliphatic rings. The van der Waals surface area contributed by atoms with Crippen LogP contribution in [-0.2, 0) is 14.3 Å². The largest absolute Gasteiger partial charge is 0.462 e. The molecule has 0 amide bonds. The summed E-state index contributed by atoms with van der Waals surface area (Å²) in [7, 11) is 0. The van der Waals surface area contributed by atoms with Gasteiger partial charge in [0, 0.05) is 0 Å². The Morgan fingerprint density at radius 3 is 2.78 bits per heavy atom. The monoisotopic (exact) mass is 254 g/mol. The van der Waals surface area contributed by atoms with Crippen molar-refractivity contribution in [3.63, 3.8) is 0 Å². The number of rotatable bonds is 6. The Balaban J connectivity index is 1.79. The molecule has 0 radical (unpaired) electrons. The van der Waals surface area contributed by atoms with Crippen molar-refractivity contribution in [1.82, 2.24) is 0 Å². The third kappa shape index (κ3) is 3.25. The molecule has 0 bridgehead atoms. The normalized spacial score (nSPS) is 35.7. The van der Waals surface area contributed by atoms with E-state index in [4.69, 9.17) is 9.47 Å². The van der Waals surface area contributed by atoms with Crippen LogP contribution in [0.2, 0.25) is 0 Å². The van der Waals surface area contributed by atoms with Gasteiger partial charge in [0.1, 0.15) is 6.10 Å². The number of fused-ring (bicyclic) bond motifs is 1. The Morgan fingerprint density at radius 2 is 2.17 bits per heavy atom. The lowest BCUT2D eigenvalue weighted by Gasteiger charge is -2.24. The highest BCUT2D eigenvalue weighted by atomic mass is 16.6. The number of carbonyl (C=O) groups is 1. The number of epoxide rings is 1. The lowest BCUT2D eigenvalue weighted by Crippen LogP contribution is -2.30. The maximum Gasteiger partial charge on any atom is 0.309 e. The van der Waals surface area contributed by atoms with Crippen molar-refractivity contribution in [2.75, 3.05) is 0 Å². The van der Waals surface area contributed by atoms with Crippen molar-refractivity contribution in [2.24, 2.45) is 11.8 Å². The van der Waals surface area contributed by atoms with Crippen LogP contribution in [0.3, 0.4) is 0 Å². The van der Waals surface area contributed by atoms with Crippen molar-refractivity contribution in [3.05, 3.63) is 0 Å². The first kappa shape index (κ1) is 13.9. The van der Waals surface area contributed by atoms with Crippen LogP contribution in [0.5, 0.6) is 0 Å². The minimum absolute atomic E-state index is 0.0127. The van der Waals surface area contributed by atoms with Crippen LogP contribution in [0.15, 0.2) is 0 Å². The number of ether oxygens (including phenoxy) is 2. The van der Waals surface area contributed by atoms with Gasteiger partial charge in [-0.05, 0) is 31.6 Å². The van der Waals surface area contributed by atoms with E-state index >= 15 is 0 Å². The van der Waals surface area contributed by atoms with E-state index in [2.05, 4.69) is 20.8 Å². The second-order valence-corrected chi connectivity index (χ2v) is 5.89. The summed E-state index contributed by atoms with van der Waals surface area (Å²) in [5.74, 6) is 0.593. The van der Waals surface area contributed by atoms with Crippen LogP contribution in [-0.4, -0.2) is 24.3 Å². The summed E-state index contributed by atoms with van der Waals surface area (Å²) in [6, 6.07) is 0. The van der Waals surface area contributed by atoms with Gasteiger partial charge in [0.2, 0.25) is 0 Å². The fourth-order valence-corrected chi connectivity index (χ4v) is 3.04. The molecule has 0 N–H and O–H groups in total. The molecule has 1 saturated carbocycles. The van der Waals surface area contributed by atoms with Crippen LogP contribution in [0, 0.1) is 11.8 Å². The van der Waals surface area contributed by atoms with E-state index in [0.717, 1.165) is 38.5 Å². The molecule has 5 atom stereocenters. The zero-order valence-electron chi connectivity index (χ0n) is 11.9. The SMILES string of the molecule is CCCCC(CC)OC(=O)C1CC(C)C2OC2C1. The Hall–Kier alpha value is -0.570. The predicted molar refractivity (Wildman–Crippen MR) is 70.2 cm³/mol. The third-order valence-corrected chi connectivity index (χ3v) is 4.31. The smallest absolute Gasteiger partial charge is 0.309 e. The summed E-state index contributed by atoms with van der Waals surface area (Å²) in [5, 5.41) is 0. The lowest BCUT2D eigenvalue weighted by atomic mass is 9.82. The maximum absolute atomic E-state index is 12.2. The number of esters is 1. The highest BCUT2D eigenvalue weighted by Crippen LogP contribution is 2.43. The Bertz CT molecular complexity index is 289. The summed E-state index contributed by atoms with van der Waals surface area (Å²) in [6.45, 7) is 6.44. The van der Waals surface area contributed by atoms with E-state index in [0.29, 0.717) is 18.1 Å². The predicted octanol–water partition coefficient (Wildman–Crippen LogP) is 3.31. The molecule has 1 saturated heterocycles. The van der Waals surface area contributed by atoms with Crippen LogP contribution in [0.25, 0.3) is 0 Å². The summed E-state index contributed by atoms with van der Waals surface area (Å²) in [6.07, 6.45) is 6.92. The Kier molecular flexibility index (Phi) is 4.66. The van der Waals surface area contributed by atoms with Crippen LogP contribution in [0.4, 0.5) is 0 Å². The van der Waals surface area contributed by atoms with Crippen LogP contribution < -0.4 is 0 Å². The van der Waals surface area contributed by atoms with Gasteiger partial charge in [-0.3, -0.25) is 4.79 Å². The fourth-order valence-electron chi connectivity index (χ4n) is 3.04. The topological polar surface area (TPSA) is 38.8 Å². The second kappa shape index (κ2) is 6.05. The highest BCUT2D eigenvalue weighted by Gasteiger charge is 2.50. The maximum atomic E-state index is 12.2. The molecular formula is C15H26O3. The molecule has 1 aliphatic heterocycles. The van der Waals surface area contributed by atoms with E-state index in [9.17, 15) is 4.79 Å². The molecule has 2 rings (SSSR count). The summed E-state index contributed by atoms with van der Waals surface area (Å²) < 4.78 is 11.2. The van der Waals surface area contributed by atoms with Crippen molar-refractivity contribution in [2.45, 2.75) is 77.6 Å². The van der Waals surface area contributed by atoms with Gasteiger partial charge in [0.05, 0.1) is 18.1 Å². The van der Waals surface area contributed by atoms with E-state index in [1.54, 1.807) is 0 Å². The van der Waals surface area contributed by atoms with E-state index in [1.807, 2.05) is 0 Å². The Morgan fingerprint density at radius 1 is 1.39 bits per heavy atom. The zero-order chi connectivity index (χ0) is 13.1. The number of hydrogen-bond acceptors (Lipinski definition) is 3. The first-order chi connectivity index (χ1) is 8.65. The first-order valence-electron chi connectivity index (χ1n) is 7.51. The molecule has 5 unspecified atom stereocenters. The summed E-state index contributed by atoms with van der Waals surface area (Å²) in [5.41, 5.74) is 0. The second-order valence-electron chi connectivity index (χ2n) is 5.89. The van der Waals surface area contributed by atoms with Gasteiger partial charge >= 0.3 is 5.97 Å². The van der Waals surface area contributed by atoms with Crippen molar-refractivity contribution in [1.29, 1.82) is 0 Å². The van der Waals surface area contributed by atoms with Gasteiger partial charge in [-0.2, -0.15) is 0 Å². The molecule has 0 spiro atoms. The van der Waals surface area contributed by atoms with Gasteiger partial charge in [-0.15, -0.1) is 0 Å². The average molecular weight is 254 g/mol. The van der Waals surface area contributed by atoms with Gasteiger partial charge < -0.3 is 9.47 Å². The third-order valence-electron chi connectivity index (χ3n) is 4.31. The minimum atomic E-state index is 0.0127. The van der Waals surface area contributed by atoms with Crippen LogP contribution in [0.1, 0.15) is 59.3 Å². The quantitative estimate of drug-likeness (QED) is 0.539. The van der Waals surface area contributed by atoms with Crippen molar-refractivity contribution >= 4 is 5.97 Å². The molecule has 0 aromatic heterocycles. The zero-order valence-corrected chi connectivity index (χ0v) is 11.9. The van der Waals surface area contributed by atoms with Crippen LogP contribution >= 0.6 is 0 Å². The van der Waals surface area contributed by atoms with E-state index < -0.39 is 0 Å². The minimum Gasteiger partial charge on any atom is -0.462 e. The molecular weight excluding hydrogens is 228 g/mol. The fraction of sp³-hybridized carbons (Fsp3) is 0.933. The highest BCUT2D eigenvalue weighted by molar-refractivity contribution is 5.73. The molecule has 3 nitrogen and oxygen atoms in total. The standard InChI is InChI=1S/C15H26O3/c1-4-6-7-12(5-2)17-15(16)11-8-10(3)14-13(9-11)18-14/h10-14H,4-9H2,1-3H3. The molecule has 18 heavy (non-hydrogen) atoms. The van der Waals surface area contributed by atoms with E-state index in [1.165, 1.54) is 0 Å². The number of unbranched alkanes of at least 4 members (excludes halogenated alkanes) is 1. The van der Waals surface area contributed by atoms with Crippen molar-refractivity contribution in [3.8, 4) is 0 Å². The van der Waals surface area contributed by atoms with Gasteiger partial charge in [-0.1, -0.05) is 33.6 Å². The molecule has 104 valence electrons. The van der Waals surface area contributed by atoms with Gasteiger partial charge in [0.25, 0.3) is 0 Å². The summed E-state index contributed by atoms with van der Waals surface area (Å²) >= 11 is 0. The molecule has 1 heterocycles.